The second-order valence-corrected chi connectivity index (χ2v) is 13.2. The van der Waals surface area contributed by atoms with Crippen LogP contribution in [-0.2, 0) is 5.41 Å². The molecule has 2 saturated carbocycles. The topological polar surface area (TPSA) is 64.1 Å². The number of hydrogen-bond acceptors (Lipinski definition) is 4. The largest absolute Gasteiger partial charge is 0.486 e. The molecule has 1 amide bonds. The molecule has 2 fully saturated rings. The van der Waals surface area contributed by atoms with E-state index in [9.17, 15) is 4.79 Å². The van der Waals surface area contributed by atoms with Gasteiger partial charge in [-0.25, -0.2) is 9.97 Å². The first-order chi connectivity index (χ1) is 18.7. The van der Waals surface area contributed by atoms with Crippen LogP contribution in [0.1, 0.15) is 95.0 Å². The third-order valence-corrected chi connectivity index (χ3v) is 10.0. The zero-order chi connectivity index (χ0) is 26.9. The van der Waals surface area contributed by atoms with Crippen molar-refractivity contribution in [2.45, 2.75) is 96.1 Å². The lowest BCUT2D eigenvalue weighted by molar-refractivity contribution is -0.0458. The van der Waals surface area contributed by atoms with Crippen molar-refractivity contribution in [3.8, 4) is 5.75 Å². The Kier molecular flexibility index (Phi) is 5.66. The van der Waals surface area contributed by atoms with Crippen molar-refractivity contribution in [2.75, 3.05) is 0 Å². The highest BCUT2D eigenvalue weighted by Crippen LogP contribution is 2.59. The summed E-state index contributed by atoms with van der Waals surface area (Å²) in [5.41, 5.74) is 4.96. The molecule has 1 N–H and O–H groups in total. The Hall–Kier alpha value is -3.21. The zero-order valence-corrected chi connectivity index (χ0v) is 23.6. The van der Waals surface area contributed by atoms with Crippen LogP contribution in [0.4, 0.5) is 0 Å². The van der Waals surface area contributed by atoms with E-state index in [1.807, 2.05) is 18.2 Å². The Balaban J connectivity index is 1.45. The summed E-state index contributed by atoms with van der Waals surface area (Å²) >= 11 is 0. The molecule has 7 rings (SSSR count). The Bertz CT molecular complexity index is 1620. The summed E-state index contributed by atoms with van der Waals surface area (Å²) in [5.74, 6) is 1.99. The lowest BCUT2D eigenvalue weighted by Gasteiger charge is -2.55. The van der Waals surface area contributed by atoms with Crippen molar-refractivity contribution < 1.29 is 9.53 Å². The molecule has 39 heavy (non-hydrogen) atoms. The van der Waals surface area contributed by atoms with E-state index in [-0.39, 0.29) is 23.0 Å². The van der Waals surface area contributed by atoms with E-state index in [0.717, 1.165) is 64.3 Å². The van der Waals surface area contributed by atoms with Crippen LogP contribution in [-0.4, -0.2) is 27.5 Å². The molecule has 0 radical (unpaired) electrons. The second kappa shape index (κ2) is 8.90. The van der Waals surface area contributed by atoms with Crippen LogP contribution < -0.4 is 10.1 Å². The number of nitrogens with zero attached hydrogens (tertiary/aromatic N) is 2. The maximum Gasteiger partial charge on any atom is 0.251 e. The standard InChI is InChI=1S/C34H39N3O2/c1-20-14-17-27-33(2,3)39-31-24-13-9-8-12-23(24)29-30(28(31)34(27,4)19-20)37-26-18-21(15-16-25(26)36-29)32(38)35-22-10-6-5-7-11-22/h8-9,12-13,15-16,18,20,22,27H,5-7,10-11,14,17,19H2,1-4H3,(H,35,38)/t20-,27+,34-/m0/s1. The minimum absolute atomic E-state index is 0.00977. The van der Waals surface area contributed by atoms with E-state index in [1.54, 1.807) is 0 Å². The summed E-state index contributed by atoms with van der Waals surface area (Å²) < 4.78 is 6.94. The van der Waals surface area contributed by atoms with E-state index in [2.05, 4.69) is 57.3 Å². The Labute approximate surface area is 230 Å². The molecule has 0 saturated heterocycles. The molecule has 4 aromatic rings. The number of aromatic nitrogens is 2. The Morgan fingerprint density at radius 1 is 0.897 bits per heavy atom. The van der Waals surface area contributed by atoms with Crippen molar-refractivity contribution in [2.24, 2.45) is 11.8 Å². The summed E-state index contributed by atoms with van der Waals surface area (Å²) in [4.78, 5) is 23.7. The van der Waals surface area contributed by atoms with Crippen LogP contribution in [0, 0.1) is 11.8 Å². The van der Waals surface area contributed by atoms with Gasteiger partial charge < -0.3 is 10.1 Å². The summed E-state index contributed by atoms with van der Waals surface area (Å²) in [5, 5.41) is 5.45. The van der Waals surface area contributed by atoms with Gasteiger partial charge in [-0.05, 0) is 63.6 Å². The monoisotopic (exact) mass is 521 g/mol. The molecule has 5 heteroatoms. The Morgan fingerprint density at radius 2 is 1.64 bits per heavy atom. The molecule has 1 aromatic heterocycles. The van der Waals surface area contributed by atoms with Gasteiger partial charge in [0.2, 0.25) is 0 Å². The van der Waals surface area contributed by atoms with Crippen LogP contribution in [0.2, 0.25) is 0 Å². The first-order valence-corrected chi connectivity index (χ1v) is 14.9. The average molecular weight is 522 g/mol. The molecular weight excluding hydrogens is 482 g/mol. The molecule has 3 atom stereocenters. The van der Waals surface area contributed by atoms with Gasteiger partial charge in [-0.1, -0.05) is 63.8 Å². The van der Waals surface area contributed by atoms with Crippen LogP contribution >= 0.6 is 0 Å². The molecule has 202 valence electrons. The van der Waals surface area contributed by atoms with Gasteiger partial charge in [-0.3, -0.25) is 4.79 Å². The molecule has 0 unspecified atom stereocenters. The lowest BCUT2D eigenvalue weighted by Crippen LogP contribution is -2.55. The van der Waals surface area contributed by atoms with E-state index >= 15 is 0 Å². The number of fused-ring (bicyclic) bond motifs is 9. The predicted molar refractivity (Wildman–Crippen MR) is 157 cm³/mol. The molecule has 1 aliphatic heterocycles. The molecular formula is C34H39N3O2. The van der Waals surface area contributed by atoms with Crippen molar-refractivity contribution in [1.82, 2.24) is 15.3 Å². The third-order valence-electron chi connectivity index (χ3n) is 10.0. The van der Waals surface area contributed by atoms with Gasteiger partial charge in [0, 0.05) is 39.3 Å². The number of ether oxygens (including phenoxy) is 1. The van der Waals surface area contributed by atoms with Crippen molar-refractivity contribution in [1.29, 1.82) is 0 Å². The number of carbonyl (C=O) groups excluding carboxylic acids is 1. The molecule has 3 aromatic carbocycles. The van der Waals surface area contributed by atoms with E-state index in [1.165, 1.54) is 31.2 Å². The van der Waals surface area contributed by atoms with Gasteiger partial charge >= 0.3 is 0 Å². The average Bonchev–Trinajstić information content (AvgIpc) is 2.91. The molecule has 3 aliphatic rings. The highest BCUT2D eigenvalue weighted by molar-refractivity contribution is 6.11. The molecule has 5 nitrogen and oxygen atoms in total. The van der Waals surface area contributed by atoms with Gasteiger partial charge in [-0.15, -0.1) is 0 Å². The maximum absolute atomic E-state index is 13.2. The minimum Gasteiger partial charge on any atom is -0.486 e. The van der Waals surface area contributed by atoms with Gasteiger partial charge in [0.1, 0.15) is 11.4 Å². The van der Waals surface area contributed by atoms with Crippen LogP contribution in [0.15, 0.2) is 42.5 Å². The van der Waals surface area contributed by atoms with Gasteiger partial charge in [0.15, 0.2) is 0 Å². The quantitative estimate of drug-likeness (QED) is 0.215. The smallest absolute Gasteiger partial charge is 0.251 e. The SMILES string of the molecule is C[C@H]1CC[C@@H]2C(C)(C)Oc3c(c4nc5cc(C(=O)NC6CCCCC6)ccc5nc4c4ccccc34)[C@@]2(C)C1. The highest BCUT2D eigenvalue weighted by Gasteiger charge is 2.54. The van der Waals surface area contributed by atoms with E-state index in [0.29, 0.717) is 17.4 Å². The van der Waals surface area contributed by atoms with Gasteiger partial charge in [-0.2, -0.15) is 0 Å². The summed E-state index contributed by atoms with van der Waals surface area (Å²) in [6, 6.07) is 14.5. The summed E-state index contributed by atoms with van der Waals surface area (Å²) in [6.07, 6.45) is 9.26. The first kappa shape index (κ1) is 24.8. The van der Waals surface area contributed by atoms with Gasteiger partial charge in [0.25, 0.3) is 5.91 Å². The number of amides is 1. The van der Waals surface area contributed by atoms with Crippen LogP contribution in [0.3, 0.4) is 0 Å². The number of benzene rings is 3. The lowest BCUT2D eigenvalue weighted by atomic mass is 9.55. The fraction of sp³-hybridized carbons (Fsp3) is 0.500. The molecule has 0 bridgehead atoms. The number of hydrogen-bond donors (Lipinski definition) is 1. The number of rotatable bonds is 2. The minimum atomic E-state index is -0.271. The third kappa shape index (κ3) is 3.91. The number of nitrogens with one attached hydrogen (secondary N) is 1. The fourth-order valence-electron chi connectivity index (χ4n) is 8.30. The van der Waals surface area contributed by atoms with Crippen LogP contribution in [0.5, 0.6) is 5.75 Å². The van der Waals surface area contributed by atoms with Crippen molar-refractivity contribution in [3.05, 3.63) is 53.6 Å². The second-order valence-electron chi connectivity index (χ2n) is 13.2. The molecule has 2 heterocycles. The number of carbonyl (C=O) groups is 1. The van der Waals surface area contributed by atoms with Gasteiger partial charge in [0.05, 0.1) is 22.1 Å². The van der Waals surface area contributed by atoms with Crippen molar-refractivity contribution >= 4 is 38.7 Å². The highest BCUT2D eigenvalue weighted by atomic mass is 16.5. The normalized spacial score (nSPS) is 26.7. The molecule has 0 spiro atoms. The predicted octanol–water partition coefficient (Wildman–Crippen LogP) is 7.86. The zero-order valence-electron chi connectivity index (χ0n) is 23.6. The van der Waals surface area contributed by atoms with E-state index < -0.39 is 0 Å². The fourth-order valence-corrected chi connectivity index (χ4v) is 8.30. The molecule has 2 aliphatic carbocycles. The van der Waals surface area contributed by atoms with E-state index in [4.69, 9.17) is 14.7 Å². The van der Waals surface area contributed by atoms with Crippen molar-refractivity contribution in [3.63, 3.8) is 0 Å². The first-order valence-electron chi connectivity index (χ1n) is 14.9. The maximum atomic E-state index is 13.2. The van der Waals surface area contributed by atoms with Crippen LogP contribution in [0.25, 0.3) is 32.8 Å². The Morgan fingerprint density at radius 3 is 2.44 bits per heavy atom. The summed E-state index contributed by atoms with van der Waals surface area (Å²) in [7, 11) is 0. The summed E-state index contributed by atoms with van der Waals surface area (Å²) in [6.45, 7) is 9.34.